The summed E-state index contributed by atoms with van der Waals surface area (Å²) in [6.45, 7) is 0.896. The summed E-state index contributed by atoms with van der Waals surface area (Å²) in [6, 6.07) is 5.82. The van der Waals surface area contributed by atoms with E-state index in [0.717, 1.165) is 18.4 Å². The molecule has 1 unspecified atom stereocenters. The molecule has 0 radical (unpaired) electrons. The number of rotatable bonds is 5. The predicted octanol–water partition coefficient (Wildman–Crippen LogP) is 1.92. The van der Waals surface area contributed by atoms with Gasteiger partial charge < -0.3 is 14.6 Å². The largest absolute Gasteiger partial charge is 0.368 e. The molecule has 6 nitrogen and oxygen atoms in total. The van der Waals surface area contributed by atoms with Crippen LogP contribution in [-0.4, -0.2) is 22.7 Å². The number of hydrogen-bond donors (Lipinski definition) is 1. The molecule has 1 N–H and O–H groups in total. The molecule has 116 valence electrons. The summed E-state index contributed by atoms with van der Waals surface area (Å²) in [5.74, 6) is 0.367. The van der Waals surface area contributed by atoms with E-state index < -0.39 is 0 Å². The normalized spacial score (nSPS) is 17.6. The molecule has 0 bridgehead atoms. The minimum atomic E-state index is -0.322. The number of nitrogens with zero attached hydrogens (tertiary/aromatic N) is 2. The molecule has 7 heteroatoms. The number of ether oxygens (including phenoxy) is 1. The zero-order valence-electron chi connectivity index (χ0n) is 11.9. The van der Waals surface area contributed by atoms with Gasteiger partial charge in [-0.25, -0.2) is 4.39 Å². The van der Waals surface area contributed by atoms with E-state index in [0.29, 0.717) is 18.3 Å². The van der Waals surface area contributed by atoms with E-state index in [-0.39, 0.29) is 30.8 Å². The first kappa shape index (κ1) is 14.6. The molecule has 1 atom stereocenters. The SMILES string of the molecule is O=C(Cc1ccc(F)cc1)NCc1noc(C2CCCO2)n1. The number of carbonyl (C=O) groups is 1. The minimum absolute atomic E-state index is 0.129. The molecule has 2 heterocycles. The maximum absolute atomic E-state index is 12.8. The van der Waals surface area contributed by atoms with E-state index in [1.165, 1.54) is 12.1 Å². The lowest BCUT2D eigenvalue weighted by molar-refractivity contribution is -0.120. The van der Waals surface area contributed by atoms with Crippen LogP contribution in [0.2, 0.25) is 0 Å². The maximum Gasteiger partial charge on any atom is 0.255 e. The number of carbonyl (C=O) groups excluding carboxylic acids is 1. The molecule has 0 saturated carbocycles. The number of amides is 1. The molecule has 2 aromatic rings. The standard InChI is InChI=1S/C15H16FN3O3/c16-11-5-3-10(4-6-11)8-14(20)17-9-13-18-15(22-19-13)12-2-1-7-21-12/h3-6,12H,1-2,7-9H2,(H,17,20). The topological polar surface area (TPSA) is 77.2 Å². The summed E-state index contributed by atoms with van der Waals surface area (Å²) < 4.78 is 23.4. The Morgan fingerprint density at radius 3 is 2.91 bits per heavy atom. The van der Waals surface area contributed by atoms with Crippen molar-refractivity contribution < 1.29 is 18.4 Å². The van der Waals surface area contributed by atoms with Crippen LogP contribution >= 0.6 is 0 Å². The molecule has 1 aliphatic rings. The fourth-order valence-corrected chi connectivity index (χ4v) is 2.27. The Labute approximate surface area is 126 Å². The highest BCUT2D eigenvalue weighted by atomic mass is 19.1. The van der Waals surface area contributed by atoms with Crippen molar-refractivity contribution in [2.75, 3.05) is 6.61 Å². The van der Waals surface area contributed by atoms with Gasteiger partial charge in [-0.2, -0.15) is 4.98 Å². The predicted molar refractivity (Wildman–Crippen MR) is 74.2 cm³/mol. The maximum atomic E-state index is 12.8. The fraction of sp³-hybridized carbons (Fsp3) is 0.400. The van der Waals surface area contributed by atoms with Crippen LogP contribution in [0.3, 0.4) is 0 Å². The molecular weight excluding hydrogens is 289 g/mol. The van der Waals surface area contributed by atoms with Crippen LogP contribution in [0.25, 0.3) is 0 Å². The summed E-state index contributed by atoms with van der Waals surface area (Å²) in [6.07, 6.45) is 1.91. The van der Waals surface area contributed by atoms with E-state index in [1.54, 1.807) is 12.1 Å². The van der Waals surface area contributed by atoms with Crippen molar-refractivity contribution >= 4 is 5.91 Å². The molecule has 1 aromatic heterocycles. The van der Waals surface area contributed by atoms with Crippen LogP contribution in [0.1, 0.15) is 36.2 Å². The molecule has 3 rings (SSSR count). The average Bonchev–Trinajstić information content (AvgIpc) is 3.18. The van der Waals surface area contributed by atoms with Gasteiger partial charge in [-0.15, -0.1) is 0 Å². The second kappa shape index (κ2) is 6.65. The van der Waals surface area contributed by atoms with Gasteiger partial charge in [0, 0.05) is 6.61 Å². The van der Waals surface area contributed by atoms with Gasteiger partial charge >= 0.3 is 0 Å². The van der Waals surface area contributed by atoms with Crippen LogP contribution < -0.4 is 5.32 Å². The van der Waals surface area contributed by atoms with Crippen molar-refractivity contribution in [1.82, 2.24) is 15.5 Å². The van der Waals surface area contributed by atoms with Crippen molar-refractivity contribution in [3.63, 3.8) is 0 Å². The second-order valence-corrected chi connectivity index (χ2v) is 5.13. The molecule has 1 amide bonds. The number of hydrogen-bond acceptors (Lipinski definition) is 5. The van der Waals surface area contributed by atoms with E-state index in [9.17, 15) is 9.18 Å². The summed E-state index contributed by atoms with van der Waals surface area (Å²) in [7, 11) is 0. The highest BCUT2D eigenvalue weighted by molar-refractivity contribution is 5.78. The summed E-state index contributed by atoms with van der Waals surface area (Å²) in [5.41, 5.74) is 0.743. The van der Waals surface area contributed by atoms with Gasteiger partial charge in [-0.3, -0.25) is 4.79 Å². The molecular formula is C15H16FN3O3. The Kier molecular flexibility index (Phi) is 4.43. The van der Waals surface area contributed by atoms with Crippen LogP contribution in [0.5, 0.6) is 0 Å². The quantitative estimate of drug-likeness (QED) is 0.913. The molecule has 1 aliphatic heterocycles. The van der Waals surface area contributed by atoms with E-state index in [2.05, 4.69) is 15.5 Å². The lowest BCUT2D eigenvalue weighted by Gasteiger charge is -2.03. The molecule has 1 fully saturated rings. The molecule has 1 aromatic carbocycles. The first-order valence-corrected chi connectivity index (χ1v) is 7.16. The third-order valence-corrected chi connectivity index (χ3v) is 3.41. The van der Waals surface area contributed by atoms with Crippen LogP contribution in [0.4, 0.5) is 4.39 Å². The first-order chi connectivity index (χ1) is 10.7. The van der Waals surface area contributed by atoms with Crippen molar-refractivity contribution in [2.24, 2.45) is 0 Å². The molecule has 1 saturated heterocycles. The van der Waals surface area contributed by atoms with Crippen LogP contribution in [0, 0.1) is 5.82 Å². The molecule has 0 spiro atoms. The Morgan fingerprint density at radius 1 is 1.36 bits per heavy atom. The van der Waals surface area contributed by atoms with Gasteiger partial charge in [0.25, 0.3) is 5.89 Å². The van der Waals surface area contributed by atoms with Crippen molar-refractivity contribution in [1.29, 1.82) is 0 Å². The van der Waals surface area contributed by atoms with Gasteiger partial charge in [0.05, 0.1) is 13.0 Å². The lowest BCUT2D eigenvalue weighted by Crippen LogP contribution is -2.25. The van der Waals surface area contributed by atoms with Crippen LogP contribution in [0.15, 0.2) is 28.8 Å². The number of aromatic nitrogens is 2. The van der Waals surface area contributed by atoms with Crippen molar-refractivity contribution in [3.05, 3.63) is 47.4 Å². The number of benzene rings is 1. The van der Waals surface area contributed by atoms with Crippen molar-refractivity contribution in [3.8, 4) is 0 Å². The van der Waals surface area contributed by atoms with Gasteiger partial charge in [0.1, 0.15) is 11.9 Å². The van der Waals surface area contributed by atoms with Gasteiger partial charge in [-0.05, 0) is 30.5 Å². The van der Waals surface area contributed by atoms with Gasteiger partial charge in [0.2, 0.25) is 5.91 Å². The Balaban J connectivity index is 1.49. The third kappa shape index (κ3) is 3.67. The first-order valence-electron chi connectivity index (χ1n) is 7.16. The van der Waals surface area contributed by atoms with Gasteiger partial charge in [-0.1, -0.05) is 17.3 Å². The molecule has 22 heavy (non-hydrogen) atoms. The summed E-state index contributed by atoms with van der Waals surface area (Å²) in [5, 5.41) is 6.53. The van der Waals surface area contributed by atoms with E-state index in [4.69, 9.17) is 9.26 Å². The Morgan fingerprint density at radius 2 is 2.18 bits per heavy atom. The lowest BCUT2D eigenvalue weighted by atomic mass is 10.1. The summed E-state index contributed by atoms with van der Waals surface area (Å²) >= 11 is 0. The highest BCUT2D eigenvalue weighted by Gasteiger charge is 2.23. The van der Waals surface area contributed by atoms with Gasteiger partial charge in [0.15, 0.2) is 5.82 Å². The zero-order chi connectivity index (χ0) is 15.4. The molecule has 0 aliphatic carbocycles. The van der Waals surface area contributed by atoms with E-state index >= 15 is 0 Å². The monoisotopic (exact) mass is 305 g/mol. The minimum Gasteiger partial charge on any atom is -0.368 e. The third-order valence-electron chi connectivity index (χ3n) is 3.41. The fourth-order valence-electron chi connectivity index (χ4n) is 2.27. The zero-order valence-corrected chi connectivity index (χ0v) is 11.9. The number of nitrogens with one attached hydrogen (secondary N) is 1. The smallest absolute Gasteiger partial charge is 0.255 e. The van der Waals surface area contributed by atoms with Crippen molar-refractivity contribution in [2.45, 2.75) is 31.9 Å². The number of halogens is 1. The summed E-state index contributed by atoms with van der Waals surface area (Å²) in [4.78, 5) is 16.0. The Bertz CT molecular complexity index is 636. The Hall–Kier alpha value is -2.28. The highest BCUT2D eigenvalue weighted by Crippen LogP contribution is 2.26. The average molecular weight is 305 g/mol. The van der Waals surface area contributed by atoms with Crippen LogP contribution in [-0.2, 0) is 22.5 Å². The van der Waals surface area contributed by atoms with E-state index in [1.807, 2.05) is 0 Å². The second-order valence-electron chi connectivity index (χ2n) is 5.13.